The average molecular weight is 317 g/mol. The molecule has 0 spiro atoms. The molecule has 0 radical (unpaired) electrons. The highest BCUT2D eigenvalue weighted by Crippen LogP contribution is 2.32. The van der Waals surface area contributed by atoms with E-state index in [1.165, 1.54) is 13.2 Å². The van der Waals surface area contributed by atoms with E-state index in [1.54, 1.807) is 12.1 Å². The molecule has 0 aliphatic carbocycles. The van der Waals surface area contributed by atoms with Crippen LogP contribution in [0.4, 0.5) is 17.6 Å². The van der Waals surface area contributed by atoms with Gasteiger partial charge < -0.3 is 14.8 Å². The molecular formula is C15H15F4NO2. The molecule has 1 atom stereocenters. The molecule has 2 N–H and O–H groups in total. The van der Waals surface area contributed by atoms with E-state index in [2.05, 4.69) is 5.32 Å². The van der Waals surface area contributed by atoms with Crippen LogP contribution in [0.3, 0.4) is 0 Å². The van der Waals surface area contributed by atoms with Crippen molar-refractivity contribution in [3.8, 4) is 0 Å². The number of benzene rings is 1. The molecular weight excluding hydrogens is 302 g/mol. The lowest BCUT2D eigenvalue weighted by atomic mass is 10.0. The average Bonchev–Trinajstić information content (AvgIpc) is 2.94. The maximum atomic E-state index is 13.0. The number of aliphatic hydroxyl groups is 1. The molecule has 1 aromatic carbocycles. The molecule has 1 heterocycles. The zero-order valence-corrected chi connectivity index (χ0v) is 11.7. The minimum absolute atomic E-state index is 0.0187. The summed E-state index contributed by atoms with van der Waals surface area (Å²) in [6.45, 7) is 1.30. The van der Waals surface area contributed by atoms with Crippen LogP contribution in [0.15, 0.2) is 41.0 Å². The number of halogens is 4. The van der Waals surface area contributed by atoms with E-state index >= 15 is 0 Å². The van der Waals surface area contributed by atoms with Crippen LogP contribution in [0.2, 0.25) is 0 Å². The number of hydrogen-bond acceptors (Lipinski definition) is 3. The Morgan fingerprint density at radius 1 is 1.23 bits per heavy atom. The minimum Gasteiger partial charge on any atom is -0.466 e. The molecule has 0 amide bonds. The first-order valence-corrected chi connectivity index (χ1v) is 6.53. The van der Waals surface area contributed by atoms with E-state index in [1.807, 2.05) is 0 Å². The summed E-state index contributed by atoms with van der Waals surface area (Å²) >= 11 is 0. The topological polar surface area (TPSA) is 45.4 Å². The summed E-state index contributed by atoms with van der Waals surface area (Å²) < 4.78 is 56.6. The smallest absolute Gasteiger partial charge is 0.416 e. The van der Waals surface area contributed by atoms with Crippen LogP contribution in [0.1, 0.15) is 23.8 Å². The lowest BCUT2D eigenvalue weighted by molar-refractivity contribution is -0.138. The van der Waals surface area contributed by atoms with Crippen LogP contribution < -0.4 is 5.32 Å². The Hall–Kier alpha value is -1.86. The van der Waals surface area contributed by atoms with Gasteiger partial charge in [0.05, 0.1) is 11.8 Å². The Balaban J connectivity index is 2.06. The Kier molecular flexibility index (Phi) is 4.58. The van der Waals surface area contributed by atoms with Gasteiger partial charge in [-0.2, -0.15) is 13.2 Å². The summed E-state index contributed by atoms with van der Waals surface area (Å²) in [7, 11) is 0. The molecule has 0 aliphatic heterocycles. The normalized spacial score (nSPS) is 14.8. The second-order valence-corrected chi connectivity index (χ2v) is 5.15. The van der Waals surface area contributed by atoms with E-state index in [4.69, 9.17) is 4.42 Å². The molecule has 2 aromatic rings. The van der Waals surface area contributed by atoms with Gasteiger partial charge >= 0.3 is 6.18 Å². The molecule has 1 aromatic heterocycles. The van der Waals surface area contributed by atoms with Crippen molar-refractivity contribution in [2.45, 2.75) is 25.2 Å². The Bertz CT molecular complexity index is 621. The van der Waals surface area contributed by atoms with Gasteiger partial charge in [0.15, 0.2) is 0 Å². The fourth-order valence-electron chi connectivity index (χ4n) is 2.08. The Morgan fingerprint density at radius 2 is 1.95 bits per heavy atom. The maximum Gasteiger partial charge on any atom is 0.416 e. The molecule has 0 aliphatic rings. The van der Waals surface area contributed by atoms with Crippen LogP contribution in [0, 0.1) is 5.82 Å². The largest absolute Gasteiger partial charge is 0.466 e. The molecule has 0 fully saturated rings. The van der Waals surface area contributed by atoms with Crippen molar-refractivity contribution in [1.29, 1.82) is 0 Å². The zero-order chi connectivity index (χ0) is 16.4. The zero-order valence-electron chi connectivity index (χ0n) is 11.7. The summed E-state index contributed by atoms with van der Waals surface area (Å²) in [6, 6.07) is 5.68. The third-order valence-electron chi connectivity index (χ3n) is 3.21. The van der Waals surface area contributed by atoms with Crippen molar-refractivity contribution < 1.29 is 27.1 Å². The van der Waals surface area contributed by atoms with Gasteiger partial charge in [0.1, 0.15) is 17.2 Å². The minimum atomic E-state index is -4.64. The van der Waals surface area contributed by atoms with Gasteiger partial charge in [0.2, 0.25) is 0 Å². The molecule has 0 bridgehead atoms. The summed E-state index contributed by atoms with van der Waals surface area (Å²) in [4.78, 5) is 0. The third kappa shape index (κ3) is 3.86. The summed E-state index contributed by atoms with van der Waals surface area (Å²) in [5, 5.41) is 12.9. The summed E-state index contributed by atoms with van der Waals surface area (Å²) in [6.07, 6.45) is -3.24. The second kappa shape index (κ2) is 6.10. The van der Waals surface area contributed by atoms with Gasteiger partial charge in [-0.05, 0) is 36.8 Å². The van der Waals surface area contributed by atoms with Crippen LogP contribution in [0.5, 0.6) is 0 Å². The number of furan rings is 1. The van der Waals surface area contributed by atoms with Gasteiger partial charge in [0.25, 0.3) is 0 Å². The molecule has 1 unspecified atom stereocenters. The standard InChI is InChI=1S/C15H15F4NO2/c1-14(21,13-3-2-6-22-13)9-20-8-10-4-5-11(16)7-12(10)15(17,18)19/h2-7,20-21H,8-9H2,1H3. The Labute approximate surface area is 124 Å². The highest BCUT2D eigenvalue weighted by molar-refractivity contribution is 5.30. The first-order chi connectivity index (χ1) is 10.2. The van der Waals surface area contributed by atoms with Crippen molar-refractivity contribution in [2.75, 3.05) is 6.54 Å². The van der Waals surface area contributed by atoms with Crippen LogP contribution in [-0.2, 0) is 18.3 Å². The van der Waals surface area contributed by atoms with Crippen molar-refractivity contribution in [1.82, 2.24) is 5.32 Å². The lowest BCUT2D eigenvalue weighted by Gasteiger charge is -2.22. The lowest BCUT2D eigenvalue weighted by Crippen LogP contribution is -2.35. The van der Waals surface area contributed by atoms with Crippen molar-refractivity contribution >= 4 is 0 Å². The van der Waals surface area contributed by atoms with E-state index in [9.17, 15) is 22.7 Å². The van der Waals surface area contributed by atoms with Gasteiger partial charge in [-0.1, -0.05) is 6.07 Å². The van der Waals surface area contributed by atoms with Crippen molar-refractivity contribution in [3.63, 3.8) is 0 Å². The highest BCUT2D eigenvalue weighted by atomic mass is 19.4. The predicted molar refractivity (Wildman–Crippen MR) is 71.4 cm³/mol. The molecule has 120 valence electrons. The Morgan fingerprint density at radius 3 is 2.55 bits per heavy atom. The third-order valence-corrected chi connectivity index (χ3v) is 3.21. The van der Waals surface area contributed by atoms with Gasteiger partial charge in [-0.3, -0.25) is 0 Å². The van der Waals surface area contributed by atoms with Crippen LogP contribution in [-0.4, -0.2) is 11.7 Å². The van der Waals surface area contributed by atoms with Gasteiger partial charge in [-0.25, -0.2) is 4.39 Å². The first-order valence-electron chi connectivity index (χ1n) is 6.53. The predicted octanol–water partition coefficient (Wildman–Crippen LogP) is 3.43. The molecule has 2 rings (SSSR count). The molecule has 0 saturated heterocycles. The molecule has 3 nitrogen and oxygen atoms in total. The quantitative estimate of drug-likeness (QED) is 0.831. The number of nitrogens with one attached hydrogen (secondary N) is 1. The fraction of sp³-hybridized carbons (Fsp3) is 0.333. The van der Waals surface area contributed by atoms with E-state index < -0.39 is 23.2 Å². The number of rotatable bonds is 5. The summed E-state index contributed by atoms with van der Waals surface area (Å²) in [5.74, 6) is -0.645. The number of alkyl halides is 3. The SMILES string of the molecule is CC(O)(CNCc1ccc(F)cc1C(F)(F)F)c1ccco1. The van der Waals surface area contributed by atoms with E-state index in [0.29, 0.717) is 11.8 Å². The van der Waals surface area contributed by atoms with Crippen LogP contribution in [0.25, 0.3) is 0 Å². The molecule has 0 saturated carbocycles. The highest BCUT2D eigenvalue weighted by Gasteiger charge is 2.34. The first kappa shape index (κ1) is 16.5. The number of hydrogen-bond donors (Lipinski definition) is 2. The van der Waals surface area contributed by atoms with Gasteiger partial charge in [-0.15, -0.1) is 0 Å². The van der Waals surface area contributed by atoms with Crippen molar-refractivity contribution in [2.24, 2.45) is 0 Å². The monoisotopic (exact) mass is 317 g/mol. The van der Waals surface area contributed by atoms with E-state index in [0.717, 1.165) is 12.1 Å². The van der Waals surface area contributed by atoms with Gasteiger partial charge in [0, 0.05) is 13.1 Å². The van der Waals surface area contributed by atoms with Crippen LogP contribution >= 0.6 is 0 Å². The molecule has 22 heavy (non-hydrogen) atoms. The van der Waals surface area contributed by atoms with Crippen molar-refractivity contribution in [3.05, 3.63) is 59.3 Å². The maximum absolute atomic E-state index is 13.0. The molecule has 7 heteroatoms. The fourth-order valence-corrected chi connectivity index (χ4v) is 2.08. The van der Waals surface area contributed by atoms with E-state index in [-0.39, 0.29) is 18.7 Å². The summed E-state index contributed by atoms with van der Waals surface area (Å²) in [5.41, 5.74) is -2.48. The second-order valence-electron chi connectivity index (χ2n) is 5.15.